The maximum Gasteiger partial charge on any atom is 0.120 e. The Morgan fingerprint density at radius 1 is 1.40 bits per heavy atom. The molecular formula is C12H16ClNO. The van der Waals surface area contributed by atoms with Crippen molar-refractivity contribution in [2.75, 3.05) is 20.2 Å². The smallest absolute Gasteiger partial charge is 0.120 e. The van der Waals surface area contributed by atoms with Gasteiger partial charge in [-0.15, -0.1) is 0 Å². The molecule has 0 aliphatic carbocycles. The topological polar surface area (TPSA) is 21.3 Å². The number of benzene rings is 1. The third kappa shape index (κ3) is 2.64. The van der Waals surface area contributed by atoms with Crippen LogP contribution in [0.4, 0.5) is 0 Å². The van der Waals surface area contributed by atoms with Gasteiger partial charge in [0.1, 0.15) is 5.75 Å². The third-order valence-electron chi connectivity index (χ3n) is 2.90. The lowest BCUT2D eigenvalue weighted by molar-refractivity contribution is 0.411. The van der Waals surface area contributed by atoms with E-state index in [-0.39, 0.29) is 0 Å². The molecule has 1 fully saturated rings. The van der Waals surface area contributed by atoms with Crippen LogP contribution in [-0.2, 0) is 0 Å². The van der Waals surface area contributed by atoms with Crippen LogP contribution in [0.3, 0.4) is 0 Å². The average molecular weight is 226 g/mol. The molecule has 1 atom stereocenters. The molecule has 15 heavy (non-hydrogen) atoms. The molecule has 1 aliphatic heterocycles. The molecule has 1 N–H and O–H groups in total. The van der Waals surface area contributed by atoms with E-state index < -0.39 is 0 Å². The molecule has 1 aromatic rings. The Balaban J connectivity index is 2.22. The molecule has 0 aromatic heterocycles. The SMILES string of the molecule is COc1cc(Cl)cc([C@@H]2CCCNC2)c1. The molecule has 2 nitrogen and oxygen atoms in total. The van der Waals surface area contributed by atoms with Crippen LogP contribution in [0.5, 0.6) is 5.75 Å². The fourth-order valence-electron chi connectivity index (χ4n) is 2.07. The van der Waals surface area contributed by atoms with Gasteiger partial charge in [-0.25, -0.2) is 0 Å². The molecule has 0 radical (unpaired) electrons. The first kappa shape index (κ1) is 10.8. The molecule has 1 aromatic carbocycles. The summed E-state index contributed by atoms with van der Waals surface area (Å²) >= 11 is 6.05. The van der Waals surface area contributed by atoms with Gasteiger partial charge >= 0.3 is 0 Å². The summed E-state index contributed by atoms with van der Waals surface area (Å²) in [6.07, 6.45) is 2.47. The number of rotatable bonds is 2. The minimum Gasteiger partial charge on any atom is -0.497 e. The minimum absolute atomic E-state index is 0.575. The molecule has 0 spiro atoms. The normalized spacial score (nSPS) is 21.3. The summed E-state index contributed by atoms with van der Waals surface area (Å²) in [6, 6.07) is 5.98. The number of halogens is 1. The van der Waals surface area contributed by atoms with E-state index in [1.165, 1.54) is 18.4 Å². The van der Waals surface area contributed by atoms with Gasteiger partial charge in [0.25, 0.3) is 0 Å². The molecule has 0 saturated carbocycles. The Labute approximate surface area is 95.6 Å². The van der Waals surface area contributed by atoms with Gasteiger partial charge in [0.05, 0.1) is 7.11 Å². The number of ether oxygens (including phenoxy) is 1. The second-order valence-electron chi connectivity index (χ2n) is 3.97. The van der Waals surface area contributed by atoms with Gasteiger partial charge in [0, 0.05) is 11.6 Å². The summed E-state index contributed by atoms with van der Waals surface area (Å²) in [5.74, 6) is 1.43. The highest BCUT2D eigenvalue weighted by atomic mass is 35.5. The summed E-state index contributed by atoms with van der Waals surface area (Å²) in [5.41, 5.74) is 1.28. The maximum absolute atomic E-state index is 6.05. The van der Waals surface area contributed by atoms with Crippen LogP contribution in [-0.4, -0.2) is 20.2 Å². The van der Waals surface area contributed by atoms with Crippen LogP contribution in [0, 0.1) is 0 Å². The second-order valence-corrected chi connectivity index (χ2v) is 4.40. The van der Waals surface area contributed by atoms with Crippen molar-refractivity contribution in [2.45, 2.75) is 18.8 Å². The highest BCUT2D eigenvalue weighted by Gasteiger charge is 2.16. The molecule has 0 amide bonds. The lowest BCUT2D eigenvalue weighted by atomic mass is 9.91. The Kier molecular flexibility index (Phi) is 3.49. The number of hydrogen-bond donors (Lipinski definition) is 1. The summed E-state index contributed by atoms with van der Waals surface area (Å²) < 4.78 is 5.22. The van der Waals surface area contributed by atoms with Crippen LogP contribution in [0.2, 0.25) is 5.02 Å². The average Bonchev–Trinajstić information content (AvgIpc) is 2.29. The Hall–Kier alpha value is -0.730. The Morgan fingerprint density at radius 3 is 2.93 bits per heavy atom. The van der Waals surface area contributed by atoms with E-state index in [0.29, 0.717) is 5.92 Å². The molecule has 1 saturated heterocycles. The minimum atomic E-state index is 0.575. The molecule has 1 heterocycles. The first-order valence-electron chi connectivity index (χ1n) is 5.35. The van der Waals surface area contributed by atoms with Gasteiger partial charge in [0.15, 0.2) is 0 Å². The quantitative estimate of drug-likeness (QED) is 0.836. The summed E-state index contributed by atoms with van der Waals surface area (Å²) in [6.45, 7) is 2.18. The summed E-state index contributed by atoms with van der Waals surface area (Å²) in [7, 11) is 1.68. The molecular weight excluding hydrogens is 210 g/mol. The number of nitrogens with one attached hydrogen (secondary N) is 1. The fourth-order valence-corrected chi connectivity index (χ4v) is 2.31. The first-order chi connectivity index (χ1) is 7.29. The molecule has 0 unspecified atom stereocenters. The van der Waals surface area contributed by atoms with Gasteiger partial charge in [-0.3, -0.25) is 0 Å². The van der Waals surface area contributed by atoms with Crippen molar-refractivity contribution in [1.82, 2.24) is 5.32 Å². The Morgan fingerprint density at radius 2 is 2.27 bits per heavy atom. The molecule has 1 aliphatic rings. The number of hydrogen-bond acceptors (Lipinski definition) is 2. The van der Waals surface area contributed by atoms with E-state index in [1.54, 1.807) is 7.11 Å². The number of methoxy groups -OCH3 is 1. The van der Waals surface area contributed by atoms with Crippen molar-refractivity contribution in [2.24, 2.45) is 0 Å². The van der Waals surface area contributed by atoms with Gasteiger partial charge < -0.3 is 10.1 Å². The van der Waals surface area contributed by atoms with Crippen LogP contribution in [0.1, 0.15) is 24.3 Å². The van der Waals surface area contributed by atoms with E-state index in [4.69, 9.17) is 16.3 Å². The molecule has 0 bridgehead atoms. The molecule has 82 valence electrons. The predicted molar refractivity (Wildman–Crippen MR) is 62.8 cm³/mol. The van der Waals surface area contributed by atoms with Gasteiger partial charge in [-0.2, -0.15) is 0 Å². The van der Waals surface area contributed by atoms with Crippen molar-refractivity contribution in [1.29, 1.82) is 0 Å². The maximum atomic E-state index is 6.05. The van der Waals surface area contributed by atoms with Crippen LogP contribution >= 0.6 is 11.6 Å². The first-order valence-corrected chi connectivity index (χ1v) is 5.72. The van der Waals surface area contributed by atoms with Crippen molar-refractivity contribution < 1.29 is 4.74 Å². The molecule has 2 rings (SSSR count). The van der Waals surface area contributed by atoms with Crippen molar-refractivity contribution in [3.8, 4) is 5.75 Å². The monoisotopic (exact) mass is 225 g/mol. The summed E-state index contributed by atoms with van der Waals surface area (Å²) in [4.78, 5) is 0. The molecule has 3 heteroatoms. The van der Waals surface area contributed by atoms with Crippen molar-refractivity contribution >= 4 is 11.6 Å². The van der Waals surface area contributed by atoms with E-state index in [1.807, 2.05) is 12.1 Å². The van der Waals surface area contributed by atoms with Crippen LogP contribution in [0.25, 0.3) is 0 Å². The van der Waals surface area contributed by atoms with Crippen LogP contribution < -0.4 is 10.1 Å². The van der Waals surface area contributed by atoms with E-state index in [2.05, 4.69) is 11.4 Å². The van der Waals surface area contributed by atoms with Gasteiger partial charge in [0.2, 0.25) is 0 Å². The van der Waals surface area contributed by atoms with Crippen molar-refractivity contribution in [3.05, 3.63) is 28.8 Å². The zero-order valence-corrected chi connectivity index (χ0v) is 9.68. The van der Waals surface area contributed by atoms with Gasteiger partial charge in [-0.1, -0.05) is 11.6 Å². The van der Waals surface area contributed by atoms with Gasteiger partial charge in [-0.05, 0) is 49.1 Å². The van der Waals surface area contributed by atoms with E-state index in [0.717, 1.165) is 23.9 Å². The predicted octanol–water partition coefficient (Wildman–Crippen LogP) is 2.82. The largest absolute Gasteiger partial charge is 0.497 e. The fraction of sp³-hybridized carbons (Fsp3) is 0.500. The Bertz CT molecular complexity index is 334. The lowest BCUT2D eigenvalue weighted by Crippen LogP contribution is -2.28. The second kappa shape index (κ2) is 4.86. The highest BCUT2D eigenvalue weighted by molar-refractivity contribution is 6.30. The van der Waals surface area contributed by atoms with Crippen LogP contribution in [0.15, 0.2) is 18.2 Å². The summed E-state index contributed by atoms with van der Waals surface area (Å²) in [5, 5.41) is 4.17. The number of piperidine rings is 1. The third-order valence-corrected chi connectivity index (χ3v) is 3.12. The standard InChI is InChI=1S/C12H16ClNO/c1-15-12-6-10(5-11(13)7-12)9-3-2-4-14-8-9/h5-7,9,14H,2-4,8H2,1H3/t9-/m1/s1. The highest BCUT2D eigenvalue weighted by Crippen LogP contribution is 2.29. The zero-order chi connectivity index (χ0) is 10.7. The lowest BCUT2D eigenvalue weighted by Gasteiger charge is -2.23. The van der Waals surface area contributed by atoms with Crippen molar-refractivity contribution in [3.63, 3.8) is 0 Å². The van der Waals surface area contributed by atoms with E-state index >= 15 is 0 Å². The van der Waals surface area contributed by atoms with E-state index in [9.17, 15) is 0 Å². The zero-order valence-electron chi connectivity index (χ0n) is 8.92.